The maximum absolute atomic E-state index is 11.4. The lowest BCUT2D eigenvalue weighted by atomic mass is 9.96. The van der Waals surface area contributed by atoms with Gasteiger partial charge in [0.25, 0.3) is 0 Å². The highest BCUT2D eigenvalue weighted by molar-refractivity contribution is 9.10. The first-order valence-electron chi connectivity index (χ1n) is 4.31. The number of hydrogen-bond acceptors (Lipinski definition) is 4. The summed E-state index contributed by atoms with van der Waals surface area (Å²) in [5, 5.41) is 17.8. The minimum absolute atomic E-state index is 0.292. The van der Waals surface area contributed by atoms with Crippen LogP contribution in [0.1, 0.15) is 17.0 Å². The van der Waals surface area contributed by atoms with Gasteiger partial charge in [0.15, 0.2) is 5.92 Å². The number of methoxy groups -OCH3 is 1. The largest absolute Gasteiger partial charge is 0.468 e. The Bertz CT molecular complexity index is 500. The fourth-order valence-corrected chi connectivity index (χ4v) is 1.62. The molecule has 80 valence electrons. The summed E-state index contributed by atoms with van der Waals surface area (Å²) in [6.07, 6.45) is 0. The van der Waals surface area contributed by atoms with Crippen LogP contribution in [0.5, 0.6) is 0 Å². The number of ether oxygens (including phenoxy) is 1. The van der Waals surface area contributed by atoms with Gasteiger partial charge in [0.1, 0.15) is 0 Å². The quantitative estimate of drug-likeness (QED) is 0.777. The lowest BCUT2D eigenvalue weighted by Crippen LogP contribution is -2.13. The molecule has 0 saturated carbocycles. The molecule has 0 aliphatic rings. The normalized spacial score (nSPS) is 11.0. The van der Waals surface area contributed by atoms with Gasteiger partial charge in [-0.25, -0.2) is 0 Å². The van der Waals surface area contributed by atoms with Crippen LogP contribution in [0.15, 0.2) is 22.7 Å². The van der Waals surface area contributed by atoms with E-state index >= 15 is 0 Å². The summed E-state index contributed by atoms with van der Waals surface area (Å²) in [5.41, 5.74) is 0.645. The van der Waals surface area contributed by atoms with Crippen molar-refractivity contribution in [2.24, 2.45) is 0 Å². The molecular weight excluding hydrogens is 272 g/mol. The minimum atomic E-state index is -1.07. The van der Waals surface area contributed by atoms with E-state index in [4.69, 9.17) is 10.5 Å². The second kappa shape index (κ2) is 5.29. The summed E-state index contributed by atoms with van der Waals surface area (Å²) in [6, 6.07) is 8.56. The van der Waals surface area contributed by atoms with Crippen molar-refractivity contribution in [3.05, 3.63) is 33.8 Å². The Balaban J connectivity index is 3.31. The van der Waals surface area contributed by atoms with E-state index in [0.29, 0.717) is 15.6 Å². The number of carbonyl (C=O) groups is 1. The van der Waals surface area contributed by atoms with E-state index in [2.05, 4.69) is 20.7 Å². The van der Waals surface area contributed by atoms with Gasteiger partial charge in [0.05, 0.1) is 24.8 Å². The zero-order valence-corrected chi connectivity index (χ0v) is 9.98. The SMILES string of the molecule is COC(=O)C(C#N)c1cc(Br)ccc1C#N. The lowest BCUT2D eigenvalue weighted by Gasteiger charge is -2.09. The molecule has 0 fully saturated rings. The van der Waals surface area contributed by atoms with E-state index in [1.54, 1.807) is 18.2 Å². The van der Waals surface area contributed by atoms with Crippen LogP contribution in [0.3, 0.4) is 0 Å². The van der Waals surface area contributed by atoms with Crippen molar-refractivity contribution in [3.63, 3.8) is 0 Å². The molecule has 0 aliphatic carbocycles. The van der Waals surface area contributed by atoms with Crippen LogP contribution in [0.4, 0.5) is 0 Å². The van der Waals surface area contributed by atoms with Gasteiger partial charge in [-0.3, -0.25) is 4.79 Å². The van der Waals surface area contributed by atoms with E-state index in [-0.39, 0.29) is 0 Å². The third-order valence-electron chi connectivity index (χ3n) is 2.01. The van der Waals surface area contributed by atoms with Crippen LogP contribution in [0.2, 0.25) is 0 Å². The van der Waals surface area contributed by atoms with Gasteiger partial charge in [-0.2, -0.15) is 10.5 Å². The molecule has 0 aromatic heterocycles. The highest BCUT2D eigenvalue weighted by Crippen LogP contribution is 2.24. The van der Waals surface area contributed by atoms with Crippen molar-refractivity contribution in [1.82, 2.24) is 0 Å². The Morgan fingerprint density at radius 1 is 1.50 bits per heavy atom. The molecule has 0 saturated heterocycles. The summed E-state index contributed by atoms with van der Waals surface area (Å²) in [5.74, 6) is -1.74. The molecule has 1 atom stereocenters. The van der Waals surface area contributed by atoms with E-state index in [1.165, 1.54) is 7.11 Å². The summed E-state index contributed by atoms with van der Waals surface area (Å²) < 4.78 is 5.21. The Morgan fingerprint density at radius 2 is 2.19 bits per heavy atom. The molecule has 0 bridgehead atoms. The Kier molecular flexibility index (Phi) is 4.04. The fraction of sp³-hybridized carbons (Fsp3) is 0.182. The first-order chi connectivity index (χ1) is 7.63. The number of nitriles is 2. The smallest absolute Gasteiger partial charge is 0.327 e. The first kappa shape index (κ1) is 12.2. The molecule has 0 spiro atoms. The topological polar surface area (TPSA) is 73.9 Å². The van der Waals surface area contributed by atoms with Crippen LogP contribution in [0.25, 0.3) is 0 Å². The number of rotatable bonds is 2. The first-order valence-corrected chi connectivity index (χ1v) is 5.10. The van der Waals surface area contributed by atoms with E-state index in [0.717, 1.165) is 0 Å². The molecule has 0 N–H and O–H groups in total. The van der Waals surface area contributed by atoms with Crippen molar-refractivity contribution >= 4 is 21.9 Å². The molecule has 4 nitrogen and oxygen atoms in total. The summed E-state index contributed by atoms with van der Waals surface area (Å²) >= 11 is 3.22. The molecule has 1 rings (SSSR count). The summed E-state index contributed by atoms with van der Waals surface area (Å²) in [6.45, 7) is 0. The van der Waals surface area contributed by atoms with E-state index in [9.17, 15) is 4.79 Å². The molecule has 1 aromatic carbocycles. The molecule has 0 amide bonds. The zero-order chi connectivity index (χ0) is 12.1. The van der Waals surface area contributed by atoms with Gasteiger partial charge < -0.3 is 4.74 Å². The highest BCUT2D eigenvalue weighted by atomic mass is 79.9. The van der Waals surface area contributed by atoms with Crippen molar-refractivity contribution in [2.75, 3.05) is 7.11 Å². The van der Waals surface area contributed by atoms with Gasteiger partial charge in [0.2, 0.25) is 0 Å². The molecule has 1 unspecified atom stereocenters. The van der Waals surface area contributed by atoms with E-state index < -0.39 is 11.9 Å². The summed E-state index contributed by atoms with van der Waals surface area (Å²) in [7, 11) is 1.21. The third kappa shape index (κ3) is 2.39. The Morgan fingerprint density at radius 3 is 2.69 bits per heavy atom. The Labute approximate surface area is 101 Å². The maximum atomic E-state index is 11.4. The molecule has 1 aromatic rings. The van der Waals surface area contributed by atoms with Gasteiger partial charge >= 0.3 is 5.97 Å². The number of halogens is 1. The molecule has 0 heterocycles. The molecule has 0 aliphatic heterocycles. The fourth-order valence-electron chi connectivity index (χ4n) is 1.24. The van der Waals surface area contributed by atoms with Crippen LogP contribution < -0.4 is 0 Å². The van der Waals surface area contributed by atoms with E-state index in [1.807, 2.05) is 12.1 Å². The molecule has 5 heteroatoms. The monoisotopic (exact) mass is 278 g/mol. The van der Waals surface area contributed by atoms with Crippen LogP contribution >= 0.6 is 15.9 Å². The van der Waals surface area contributed by atoms with Crippen LogP contribution in [-0.4, -0.2) is 13.1 Å². The van der Waals surface area contributed by atoms with Crippen LogP contribution in [-0.2, 0) is 9.53 Å². The number of benzene rings is 1. The standard InChI is InChI=1S/C11H7BrN2O2/c1-16-11(15)10(6-14)9-4-8(12)3-2-7(9)5-13/h2-4,10H,1H3. The molecule has 16 heavy (non-hydrogen) atoms. The number of hydrogen-bond donors (Lipinski definition) is 0. The third-order valence-corrected chi connectivity index (χ3v) is 2.50. The maximum Gasteiger partial charge on any atom is 0.327 e. The average molecular weight is 279 g/mol. The summed E-state index contributed by atoms with van der Waals surface area (Å²) in [4.78, 5) is 11.4. The number of nitrogens with zero attached hydrogens (tertiary/aromatic N) is 2. The predicted octanol–water partition coefficient (Wildman–Crippen LogP) is 2.10. The zero-order valence-electron chi connectivity index (χ0n) is 8.40. The van der Waals surface area contributed by atoms with Crippen molar-refractivity contribution in [1.29, 1.82) is 10.5 Å². The van der Waals surface area contributed by atoms with Crippen molar-refractivity contribution in [3.8, 4) is 12.1 Å². The second-order valence-corrected chi connectivity index (χ2v) is 3.84. The van der Waals surface area contributed by atoms with Gasteiger partial charge in [-0.1, -0.05) is 15.9 Å². The van der Waals surface area contributed by atoms with Gasteiger partial charge in [-0.15, -0.1) is 0 Å². The predicted molar refractivity (Wildman–Crippen MR) is 59.2 cm³/mol. The van der Waals surface area contributed by atoms with Gasteiger partial charge in [-0.05, 0) is 23.8 Å². The van der Waals surface area contributed by atoms with Gasteiger partial charge in [0, 0.05) is 4.47 Å². The van der Waals surface area contributed by atoms with Crippen molar-refractivity contribution < 1.29 is 9.53 Å². The highest BCUT2D eigenvalue weighted by Gasteiger charge is 2.24. The molecular formula is C11H7BrN2O2. The van der Waals surface area contributed by atoms with Crippen LogP contribution in [0, 0.1) is 22.7 Å². The number of carbonyl (C=O) groups excluding carboxylic acids is 1. The number of esters is 1. The Hall–Kier alpha value is -1.85. The second-order valence-electron chi connectivity index (χ2n) is 2.93. The minimum Gasteiger partial charge on any atom is -0.468 e. The van der Waals surface area contributed by atoms with Crippen molar-refractivity contribution in [2.45, 2.75) is 5.92 Å². The average Bonchev–Trinajstić information content (AvgIpc) is 2.30. The molecule has 0 radical (unpaired) electrons. The lowest BCUT2D eigenvalue weighted by molar-refractivity contribution is -0.141.